The summed E-state index contributed by atoms with van der Waals surface area (Å²) >= 11 is 0. The normalized spacial score (nSPS) is 13.6. The van der Waals surface area contributed by atoms with Crippen LogP contribution in [0.15, 0.2) is 42.5 Å². The van der Waals surface area contributed by atoms with Crippen molar-refractivity contribution in [1.82, 2.24) is 14.8 Å². The maximum Gasteiger partial charge on any atom is 0.335 e. The fourth-order valence-corrected chi connectivity index (χ4v) is 3.66. The first-order valence-electron chi connectivity index (χ1n) is 9.71. The Hall–Kier alpha value is -3.15. The van der Waals surface area contributed by atoms with E-state index < -0.39 is 5.97 Å². The second kappa shape index (κ2) is 7.84. The molecular weight excluding hydrogens is 352 g/mol. The number of rotatable bonds is 5. The minimum absolute atomic E-state index is 0.302. The number of hydrogen-bond donors (Lipinski definition) is 2. The molecule has 28 heavy (non-hydrogen) atoms. The van der Waals surface area contributed by atoms with Crippen LogP contribution in [0.25, 0.3) is 11.4 Å². The van der Waals surface area contributed by atoms with Crippen molar-refractivity contribution in [2.24, 2.45) is 0 Å². The first-order valence-corrected chi connectivity index (χ1v) is 9.71. The molecule has 2 N–H and O–H groups in total. The van der Waals surface area contributed by atoms with Crippen LogP contribution in [0.5, 0.6) is 0 Å². The van der Waals surface area contributed by atoms with Gasteiger partial charge in [-0.05, 0) is 49.1 Å². The minimum Gasteiger partial charge on any atom is -0.478 e. The van der Waals surface area contributed by atoms with Crippen molar-refractivity contribution >= 4 is 11.7 Å². The number of nitrogens with one attached hydrogen (secondary N) is 1. The Kier molecular flexibility index (Phi) is 5.10. The van der Waals surface area contributed by atoms with Crippen molar-refractivity contribution in [3.05, 3.63) is 65.0 Å². The Bertz CT molecular complexity index is 1010. The first-order chi connectivity index (χ1) is 13.6. The molecule has 1 aliphatic heterocycles. The van der Waals surface area contributed by atoms with E-state index in [0.29, 0.717) is 12.1 Å². The Morgan fingerprint density at radius 1 is 1.14 bits per heavy atom. The zero-order valence-electron chi connectivity index (χ0n) is 16.0. The van der Waals surface area contributed by atoms with Crippen molar-refractivity contribution in [2.45, 2.75) is 45.7 Å². The van der Waals surface area contributed by atoms with Gasteiger partial charge in [0.15, 0.2) is 5.82 Å². The summed E-state index contributed by atoms with van der Waals surface area (Å²) in [5.74, 6) is 1.09. The Balaban J connectivity index is 1.57. The smallest absolute Gasteiger partial charge is 0.335 e. The van der Waals surface area contributed by atoms with E-state index in [-0.39, 0.29) is 0 Å². The number of fused-ring (bicyclic) bond motifs is 1. The number of carbonyl (C=O) groups is 1. The molecule has 1 aliphatic rings. The highest BCUT2D eigenvalue weighted by Crippen LogP contribution is 2.27. The lowest BCUT2D eigenvalue weighted by atomic mass is 10.1. The van der Waals surface area contributed by atoms with E-state index in [1.807, 2.05) is 6.07 Å². The predicted octanol–water partition coefficient (Wildman–Crippen LogP) is 4.29. The molecule has 2 aromatic carbocycles. The molecule has 0 aliphatic carbocycles. The molecule has 0 saturated carbocycles. The topological polar surface area (TPSA) is 80.0 Å². The second-order valence-electron chi connectivity index (χ2n) is 7.29. The zero-order chi connectivity index (χ0) is 19.5. The molecule has 0 unspecified atom stereocenters. The number of anilines is 1. The monoisotopic (exact) mass is 376 g/mol. The standard InChI is InChI=1S/C22H24N4O2/c1-15-9-10-17(21-25-24-20-8-3-2-4-11-26(20)21)13-19(15)23-14-16-6-5-7-18(12-16)22(27)28/h5-7,9-10,12-13,23H,2-4,8,11,14H2,1H3,(H,27,28). The molecular formula is C22H24N4O2. The third kappa shape index (κ3) is 3.76. The quantitative estimate of drug-likeness (QED) is 0.694. The fraction of sp³-hybridized carbons (Fsp3) is 0.318. The maximum atomic E-state index is 11.2. The average molecular weight is 376 g/mol. The lowest BCUT2D eigenvalue weighted by molar-refractivity contribution is 0.0696. The van der Waals surface area contributed by atoms with E-state index in [0.717, 1.165) is 53.4 Å². The molecule has 1 aromatic heterocycles. The van der Waals surface area contributed by atoms with Crippen LogP contribution in [0.4, 0.5) is 5.69 Å². The number of nitrogens with zero attached hydrogens (tertiary/aromatic N) is 3. The molecule has 6 heteroatoms. The molecule has 144 valence electrons. The van der Waals surface area contributed by atoms with Gasteiger partial charge in [0, 0.05) is 30.8 Å². The molecule has 0 saturated heterocycles. The number of aryl methyl sites for hydroxylation is 2. The Morgan fingerprint density at radius 3 is 2.89 bits per heavy atom. The number of aromatic nitrogens is 3. The van der Waals surface area contributed by atoms with Crippen molar-refractivity contribution < 1.29 is 9.90 Å². The molecule has 0 radical (unpaired) electrons. The molecule has 0 fully saturated rings. The highest BCUT2D eigenvalue weighted by Gasteiger charge is 2.16. The van der Waals surface area contributed by atoms with Gasteiger partial charge in [-0.3, -0.25) is 0 Å². The Labute approximate surface area is 164 Å². The van der Waals surface area contributed by atoms with Crippen LogP contribution in [0.1, 0.15) is 46.6 Å². The van der Waals surface area contributed by atoms with Gasteiger partial charge in [0.25, 0.3) is 0 Å². The maximum absolute atomic E-state index is 11.2. The fourth-order valence-electron chi connectivity index (χ4n) is 3.66. The lowest BCUT2D eigenvalue weighted by Crippen LogP contribution is -2.05. The zero-order valence-corrected chi connectivity index (χ0v) is 16.0. The van der Waals surface area contributed by atoms with Crippen LogP contribution in [-0.2, 0) is 19.5 Å². The number of aromatic carboxylic acids is 1. The van der Waals surface area contributed by atoms with E-state index in [4.69, 9.17) is 5.11 Å². The number of carboxylic acids is 1. The van der Waals surface area contributed by atoms with Gasteiger partial charge >= 0.3 is 5.97 Å². The number of benzene rings is 2. The van der Waals surface area contributed by atoms with Crippen LogP contribution in [0.3, 0.4) is 0 Å². The summed E-state index contributed by atoms with van der Waals surface area (Å²) in [6, 6.07) is 13.3. The van der Waals surface area contributed by atoms with Gasteiger partial charge in [-0.2, -0.15) is 0 Å². The summed E-state index contributed by atoms with van der Waals surface area (Å²) < 4.78 is 2.25. The number of carboxylic acid groups (broad SMARTS) is 1. The third-order valence-electron chi connectivity index (χ3n) is 5.26. The Morgan fingerprint density at radius 2 is 2.04 bits per heavy atom. The summed E-state index contributed by atoms with van der Waals surface area (Å²) in [5, 5.41) is 21.5. The summed E-state index contributed by atoms with van der Waals surface area (Å²) in [7, 11) is 0. The molecule has 2 heterocycles. The van der Waals surface area contributed by atoms with Crippen molar-refractivity contribution in [1.29, 1.82) is 0 Å². The van der Waals surface area contributed by atoms with Gasteiger partial charge in [0.05, 0.1) is 5.56 Å². The van der Waals surface area contributed by atoms with Gasteiger partial charge in [0.2, 0.25) is 0 Å². The van der Waals surface area contributed by atoms with Crippen LogP contribution in [0, 0.1) is 6.92 Å². The highest BCUT2D eigenvalue weighted by molar-refractivity contribution is 5.87. The second-order valence-corrected chi connectivity index (χ2v) is 7.29. The molecule has 4 rings (SSSR count). The number of hydrogen-bond acceptors (Lipinski definition) is 4. The average Bonchev–Trinajstić information content (AvgIpc) is 2.96. The van der Waals surface area contributed by atoms with Gasteiger partial charge in [-0.25, -0.2) is 4.79 Å². The summed E-state index contributed by atoms with van der Waals surface area (Å²) in [4.78, 5) is 11.2. The van der Waals surface area contributed by atoms with E-state index in [2.05, 4.69) is 45.2 Å². The van der Waals surface area contributed by atoms with Crippen LogP contribution < -0.4 is 5.32 Å². The van der Waals surface area contributed by atoms with Crippen molar-refractivity contribution in [2.75, 3.05) is 5.32 Å². The van der Waals surface area contributed by atoms with E-state index in [1.54, 1.807) is 18.2 Å². The summed E-state index contributed by atoms with van der Waals surface area (Å²) in [5.41, 5.74) is 4.43. The van der Waals surface area contributed by atoms with Crippen LogP contribution in [-0.4, -0.2) is 25.8 Å². The molecule has 0 spiro atoms. The summed E-state index contributed by atoms with van der Waals surface area (Å²) in [6.07, 6.45) is 4.56. The van der Waals surface area contributed by atoms with Gasteiger partial charge in [-0.1, -0.05) is 30.7 Å². The molecule has 0 amide bonds. The SMILES string of the molecule is Cc1ccc(-c2nnc3n2CCCCC3)cc1NCc1cccc(C(=O)O)c1. The van der Waals surface area contributed by atoms with E-state index >= 15 is 0 Å². The van der Waals surface area contributed by atoms with Gasteiger partial charge in [0.1, 0.15) is 5.82 Å². The van der Waals surface area contributed by atoms with E-state index in [1.165, 1.54) is 12.8 Å². The molecule has 3 aromatic rings. The first kappa shape index (κ1) is 18.2. The van der Waals surface area contributed by atoms with Crippen molar-refractivity contribution in [3.8, 4) is 11.4 Å². The van der Waals surface area contributed by atoms with Gasteiger partial charge < -0.3 is 15.0 Å². The van der Waals surface area contributed by atoms with Crippen LogP contribution >= 0.6 is 0 Å². The lowest BCUT2D eigenvalue weighted by Gasteiger charge is -2.13. The predicted molar refractivity (Wildman–Crippen MR) is 108 cm³/mol. The van der Waals surface area contributed by atoms with E-state index in [9.17, 15) is 4.79 Å². The highest BCUT2D eigenvalue weighted by atomic mass is 16.4. The molecule has 0 atom stereocenters. The largest absolute Gasteiger partial charge is 0.478 e. The van der Waals surface area contributed by atoms with Crippen LogP contribution in [0.2, 0.25) is 0 Å². The molecule has 6 nitrogen and oxygen atoms in total. The third-order valence-corrected chi connectivity index (χ3v) is 5.26. The van der Waals surface area contributed by atoms with Crippen molar-refractivity contribution in [3.63, 3.8) is 0 Å². The minimum atomic E-state index is -0.910. The van der Waals surface area contributed by atoms with Gasteiger partial charge in [-0.15, -0.1) is 10.2 Å². The summed E-state index contributed by atoms with van der Waals surface area (Å²) in [6.45, 7) is 3.59. The molecule has 0 bridgehead atoms.